The molecular weight excluding hydrogens is 330 g/mol. The first-order valence-electron chi connectivity index (χ1n) is 8.88. The predicted octanol–water partition coefficient (Wildman–Crippen LogP) is 1.85. The minimum absolute atomic E-state index is 0.0798. The summed E-state index contributed by atoms with van der Waals surface area (Å²) in [5.41, 5.74) is 1.20. The first kappa shape index (κ1) is 16.5. The van der Waals surface area contributed by atoms with Gasteiger partial charge in [-0.1, -0.05) is 43.2 Å². The summed E-state index contributed by atoms with van der Waals surface area (Å²) in [6.07, 6.45) is 4.14. The quantitative estimate of drug-likeness (QED) is 0.750. The van der Waals surface area contributed by atoms with Gasteiger partial charge in [0.1, 0.15) is 5.82 Å². The Morgan fingerprint density at radius 2 is 1.96 bits per heavy atom. The zero-order valence-electron chi connectivity index (χ0n) is 14.7. The molecule has 2 N–H and O–H groups in total. The van der Waals surface area contributed by atoms with Crippen molar-refractivity contribution in [2.24, 2.45) is 0 Å². The van der Waals surface area contributed by atoms with E-state index in [-0.39, 0.29) is 29.2 Å². The molecular formula is C19H21N5O2. The van der Waals surface area contributed by atoms with E-state index in [2.05, 4.69) is 32.5 Å². The van der Waals surface area contributed by atoms with Crippen molar-refractivity contribution < 1.29 is 4.79 Å². The van der Waals surface area contributed by atoms with Crippen LogP contribution in [0.4, 0.5) is 0 Å². The van der Waals surface area contributed by atoms with E-state index in [1.165, 1.54) is 10.6 Å². The minimum atomic E-state index is -0.309. The van der Waals surface area contributed by atoms with E-state index in [1.54, 1.807) is 6.92 Å². The van der Waals surface area contributed by atoms with Gasteiger partial charge in [-0.25, -0.2) is 4.98 Å². The van der Waals surface area contributed by atoms with Crippen LogP contribution < -0.4 is 10.9 Å². The van der Waals surface area contributed by atoms with Gasteiger partial charge in [0.25, 0.3) is 11.3 Å². The molecule has 1 aromatic carbocycles. The standard InChI is InChI=1S/C19H21N5O2/c1-13-11-17(26)24-18(20-13)21-15(23-24)12-16(25)22-19(9-5-6-10-19)14-7-3-2-4-8-14/h2-4,7-8,11H,5-6,9-10,12H2,1H3,(H,22,25)(H,20,21,23). The Labute approximate surface area is 150 Å². The Morgan fingerprint density at radius 3 is 2.69 bits per heavy atom. The minimum Gasteiger partial charge on any atom is -0.346 e. The number of aromatic amines is 1. The Morgan fingerprint density at radius 1 is 1.23 bits per heavy atom. The molecule has 7 nitrogen and oxygen atoms in total. The maximum Gasteiger partial charge on any atom is 0.274 e. The number of aromatic nitrogens is 4. The molecule has 0 spiro atoms. The third kappa shape index (κ3) is 3.00. The van der Waals surface area contributed by atoms with Crippen molar-refractivity contribution in [3.05, 3.63) is 63.8 Å². The van der Waals surface area contributed by atoms with Crippen molar-refractivity contribution in [3.63, 3.8) is 0 Å². The van der Waals surface area contributed by atoms with Gasteiger partial charge >= 0.3 is 0 Å². The molecule has 2 heterocycles. The number of nitrogens with one attached hydrogen (secondary N) is 2. The van der Waals surface area contributed by atoms with Gasteiger partial charge in [-0.05, 0) is 25.3 Å². The molecule has 3 aromatic rings. The predicted molar refractivity (Wildman–Crippen MR) is 96.8 cm³/mol. The van der Waals surface area contributed by atoms with Gasteiger partial charge in [-0.2, -0.15) is 9.50 Å². The van der Waals surface area contributed by atoms with Gasteiger partial charge in [-0.15, -0.1) is 0 Å². The molecule has 1 saturated carbocycles. The second-order valence-electron chi connectivity index (χ2n) is 6.92. The van der Waals surface area contributed by atoms with Crippen molar-refractivity contribution in [2.75, 3.05) is 0 Å². The second kappa shape index (κ2) is 6.40. The first-order chi connectivity index (χ1) is 12.6. The molecule has 1 fully saturated rings. The maximum atomic E-state index is 12.7. The average molecular weight is 351 g/mol. The van der Waals surface area contributed by atoms with Gasteiger partial charge in [-0.3, -0.25) is 14.7 Å². The molecule has 4 rings (SSSR count). The largest absolute Gasteiger partial charge is 0.346 e. The molecule has 134 valence electrons. The van der Waals surface area contributed by atoms with Crippen LogP contribution in [0.2, 0.25) is 0 Å². The summed E-state index contributed by atoms with van der Waals surface area (Å²) in [7, 11) is 0. The average Bonchev–Trinajstić information content (AvgIpc) is 3.23. The monoisotopic (exact) mass is 351 g/mol. The smallest absolute Gasteiger partial charge is 0.274 e. The van der Waals surface area contributed by atoms with Gasteiger partial charge < -0.3 is 5.32 Å². The van der Waals surface area contributed by atoms with Crippen LogP contribution in [0.1, 0.15) is 42.8 Å². The molecule has 1 aliphatic rings. The summed E-state index contributed by atoms with van der Waals surface area (Å²) >= 11 is 0. The lowest BCUT2D eigenvalue weighted by Crippen LogP contribution is -2.44. The summed E-state index contributed by atoms with van der Waals surface area (Å²) in [6, 6.07) is 11.5. The van der Waals surface area contributed by atoms with Gasteiger partial charge in [0.15, 0.2) is 0 Å². The zero-order valence-corrected chi connectivity index (χ0v) is 14.7. The number of nitrogens with zero attached hydrogens (tertiary/aromatic N) is 3. The molecule has 7 heteroatoms. The van der Waals surface area contributed by atoms with Crippen LogP contribution in [-0.4, -0.2) is 25.5 Å². The SMILES string of the molecule is Cc1cc(=O)n2[nH]c(CC(=O)NC3(c4ccccc4)CCCC3)nc2n1. The molecule has 1 aliphatic carbocycles. The molecule has 0 bridgehead atoms. The van der Waals surface area contributed by atoms with Gasteiger partial charge in [0.05, 0.1) is 12.0 Å². The summed E-state index contributed by atoms with van der Waals surface area (Å²) in [4.78, 5) is 33.2. The maximum absolute atomic E-state index is 12.7. The van der Waals surface area contributed by atoms with Gasteiger partial charge in [0.2, 0.25) is 5.91 Å². The van der Waals surface area contributed by atoms with Crippen LogP contribution in [0.3, 0.4) is 0 Å². The number of hydrogen-bond acceptors (Lipinski definition) is 4. The normalized spacial score (nSPS) is 16.0. The third-order valence-electron chi connectivity index (χ3n) is 5.00. The Hall–Kier alpha value is -2.96. The molecule has 0 atom stereocenters. The molecule has 0 unspecified atom stereocenters. The van der Waals surface area contributed by atoms with Crippen molar-refractivity contribution in [2.45, 2.75) is 44.6 Å². The number of aryl methyl sites for hydroxylation is 1. The molecule has 0 radical (unpaired) electrons. The van der Waals surface area contributed by atoms with Crippen LogP contribution in [0, 0.1) is 6.92 Å². The van der Waals surface area contributed by atoms with E-state index < -0.39 is 0 Å². The van der Waals surface area contributed by atoms with Crippen LogP contribution in [0.15, 0.2) is 41.2 Å². The van der Waals surface area contributed by atoms with E-state index >= 15 is 0 Å². The Bertz CT molecular complexity index is 1000. The van der Waals surface area contributed by atoms with Crippen LogP contribution in [0.5, 0.6) is 0 Å². The number of amides is 1. The van der Waals surface area contributed by atoms with Crippen LogP contribution >= 0.6 is 0 Å². The number of rotatable bonds is 4. The van der Waals surface area contributed by atoms with Crippen molar-refractivity contribution in [3.8, 4) is 0 Å². The fourth-order valence-electron chi connectivity index (χ4n) is 3.80. The Balaban J connectivity index is 1.56. The lowest BCUT2D eigenvalue weighted by Gasteiger charge is -2.31. The fraction of sp³-hybridized carbons (Fsp3) is 0.368. The van der Waals surface area contributed by atoms with Crippen LogP contribution in [0.25, 0.3) is 5.78 Å². The Kier molecular flexibility index (Phi) is 4.06. The number of carbonyl (C=O) groups excluding carboxylic acids is 1. The van der Waals surface area contributed by atoms with Crippen LogP contribution in [-0.2, 0) is 16.8 Å². The molecule has 2 aromatic heterocycles. The number of carbonyl (C=O) groups is 1. The van der Waals surface area contributed by atoms with E-state index in [1.807, 2.05) is 18.2 Å². The molecule has 0 saturated heterocycles. The summed E-state index contributed by atoms with van der Waals surface area (Å²) < 4.78 is 1.26. The summed E-state index contributed by atoms with van der Waals surface area (Å²) in [5, 5.41) is 6.09. The molecule has 1 amide bonds. The first-order valence-corrected chi connectivity index (χ1v) is 8.88. The molecule has 0 aliphatic heterocycles. The van der Waals surface area contributed by atoms with Crippen molar-refractivity contribution in [1.29, 1.82) is 0 Å². The highest BCUT2D eigenvalue weighted by atomic mass is 16.2. The van der Waals surface area contributed by atoms with Gasteiger partial charge in [0, 0.05) is 11.8 Å². The number of benzene rings is 1. The highest BCUT2D eigenvalue weighted by Crippen LogP contribution is 2.38. The van der Waals surface area contributed by atoms with Crippen molar-refractivity contribution in [1.82, 2.24) is 24.9 Å². The second-order valence-corrected chi connectivity index (χ2v) is 6.92. The lowest BCUT2D eigenvalue weighted by atomic mass is 9.88. The van der Waals surface area contributed by atoms with E-state index in [0.717, 1.165) is 31.2 Å². The van der Waals surface area contributed by atoms with E-state index in [0.29, 0.717) is 11.5 Å². The summed E-state index contributed by atoms with van der Waals surface area (Å²) in [5.74, 6) is 0.606. The third-order valence-corrected chi connectivity index (χ3v) is 5.00. The number of fused-ring (bicyclic) bond motifs is 1. The van der Waals surface area contributed by atoms with E-state index in [9.17, 15) is 9.59 Å². The van der Waals surface area contributed by atoms with Crippen molar-refractivity contribution >= 4 is 11.7 Å². The highest BCUT2D eigenvalue weighted by Gasteiger charge is 2.36. The summed E-state index contributed by atoms with van der Waals surface area (Å²) in [6.45, 7) is 1.74. The van der Waals surface area contributed by atoms with E-state index in [4.69, 9.17) is 0 Å². The highest BCUT2D eigenvalue weighted by molar-refractivity contribution is 5.79. The number of hydrogen-bond donors (Lipinski definition) is 2. The topological polar surface area (TPSA) is 92.1 Å². The fourth-order valence-corrected chi connectivity index (χ4v) is 3.80. The zero-order chi connectivity index (χ0) is 18.1. The lowest BCUT2D eigenvalue weighted by molar-refractivity contribution is -0.122. The number of H-pyrrole nitrogens is 1. The molecule has 26 heavy (non-hydrogen) atoms.